The molecule has 24 heavy (non-hydrogen) atoms. The number of hydrogen-bond acceptors (Lipinski definition) is 4. The average Bonchev–Trinajstić information content (AvgIpc) is 2.59. The molecule has 0 aliphatic carbocycles. The van der Waals surface area contributed by atoms with Gasteiger partial charge in [0.25, 0.3) is 5.69 Å². The number of allylic oxidation sites excluding steroid dienone is 1. The van der Waals surface area contributed by atoms with E-state index < -0.39 is 10.8 Å². The largest absolute Gasteiger partial charge is 0.497 e. The van der Waals surface area contributed by atoms with Crippen molar-refractivity contribution in [3.8, 4) is 11.8 Å². The maximum absolute atomic E-state index is 11.3. The van der Waals surface area contributed by atoms with Gasteiger partial charge in [0.15, 0.2) is 0 Å². The van der Waals surface area contributed by atoms with Crippen LogP contribution in [-0.2, 0) is 0 Å². The van der Waals surface area contributed by atoms with Crippen molar-refractivity contribution in [3.63, 3.8) is 0 Å². The maximum Gasteiger partial charge on any atom is 0.274 e. The van der Waals surface area contributed by atoms with Crippen LogP contribution in [-0.4, -0.2) is 12.0 Å². The molecule has 0 N–H and O–H groups in total. The van der Waals surface area contributed by atoms with E-state index in [0.717, 1.165) is 11.1 Å². The fourth-order valence-corrected chi connectivity index (χ4v) is 2.54. The second-order valence-corrected chi connectivity index (χ2v) is 5.47. The number of nitro groups is 1. The number of hydrogen-bond donors (Lipinski definition) is 0. The fourth-order valence-electron chi connectivity index (χ4n) is 2.54. The lowest BCUT2D eigenvalue weighted by atomic mass is 9.91. The van der Waals surface area contributed by atoms with Crippen LogP contribution in [0.5, 0.6) is 5.75 Å². The zero-order valence-electron chi connectivity index (χ0n) is 13.6. The molecule has 0 fully saturated rings. The molecule has 0 radical (unpaired) electrons. The molecule has 0 spiro atoms. The van der Waals surface area contributed by atoms with Gasteiger partial charge in [0.1, 0.15) is 5.75 Å². The summed E-state index contributed by atoms with van der Waals surface area (Å²) in [6, 6.07) is 16.4. The number of rotatable bonds is 6. The Morgan fingerprint density at radius 1 is 1.33 bits per heavy atom. The summed E-state index contributed by atoms with van der Waals surface area (Å²) in [6.45, 7) is 1.92. The molecule has 5 heteroatoms. The van der Waals surface area contributed by atoms with Gasteiger partial charge >= 0.3 is 0 Å². The van der Waals surface area contributed by atoms with E-state index >= 15 is 0 Å². The highest BCUT2D eigenvalue weighted by atomic mass is 16.6. The van der Waals surface area contributed by atoms with E-state index in [1.54, 1.807) is 6.07 Å². The number of benzene rings is 2. The van der Waals surface area contributed by atoms with Crippen LogP contribution in [0.25, 0.3) is 6.08 Å². The van der Waals surface area contributed by atoms with Crippen molar-refractivity contribution < 1.29 is 9.66 Å². The minimum Gasteiger partial charge on any atom is -0.497 e. The van der Waals surface area contributed by atoms with Gasteiger partial charge in [0.2, 0.25) is 0 Å². The first-order valence-corrected chi connectivity index (χ1v) is 7.49. The number of nitriles is 1. The first kappa shape index (κ1) is 17.2. The Balaban J connectivity index is 2.33. The van der Waals surface area contributed by atoms with Crippen molar-refractivity contribution in [2.45, 2.75) is 19.3 Å². The molecule has 1 atom stereocenters. The first-order chi connectivity index (χ1) is 11.5. The average molecular weight is 322 g/mol. The predicted octanol–water partition coefficient (Wildman–Crippen LogP) is 4.70. The lowest BCUT2D eigenvalue weighted by molar-refractivity contribution is -0.385. The molecule has 122 valence electrons. The van der Waals surface area contributed by atoms with Crippen LogP contribution >= 0.6 is 0 Å². The van der Waals surface area contributed by atoms with Crippen molar-refractivity contribution in [3.05, 3.63) is 75.3 Å². The normalized spacial score (nSPS) is 12.3. The van der Waals surface area contributed by atoms with Gasteiger partial charge in [-0.2, -0.15) is 5.26 Å². The minimum absolute atomic E-state index is 0.0603. The SMILES string of the molecule is COc1ccc([N+](=O)[O-])c(C(C#N)C/C(C)=C/c2ccccc2)c1. The van der Waals surface area contributed by atoms with E-state index in [1.807, 2.05) is 43.3 Å². The van der Waals surface area contributed by atoms with Crippen molar-refractivity contribution in [1.82, 2.24) is 0 Å². The van der Waals surface area contributed by atoms with E-state index in [1.165, 1.54) is 19.2 Å². The van der Waals surface area contributed by atoms with Crippen molar-refractivity contribution in [2.24, 2.45) is 0 Å². The highest BCUT2D eigenvalue weighted by molar-refractivity contribution is 5.54. The number of ether oxygens (including phenoxy) is 1. The van der Waals surface area contributed by atoms with E-state index in [9.17, 15) is 15.4 Å². The Kier molecular flexibility index (Phi) is 5.69. The summed E-state index contributed by atoms with van der Waals surface area (Å²) in [7, 11) is 1.49. The first-order valence-electron chi connectivity index (χ1n) is 7.49. The molecule has 2 aromatic rings. The third-order valence-corrected chi connectivity index (χ3v) is 3.70. The molecule has 0 aliphatic heterocycles. The van der Waals surface area contributed by atoms with Crippen LogP contribution < -0.4 is 4.74 Å². The Bertz CT molecular complexity index is 792. The lowest BCUT2D eigenvalue weighted by Crippen LogP contribution is -2.03. The monoisotopic (exact) mass is 322 g/mol. The molecule has 0 bridgehead atoms. The summed E-state index contributed by atoms with van der Waals surface area (Å²) < 4.78 is 5.14. The molecule has 0 aliphatic rings. The molecule has 0 saturated heterocycles. The standard InChI is InChI=1S/C19H18N2O3/c1-14(10-15-6-4-3-5-7-15)11-16(13-20)18-12-17(24-2)8-9-19(18)21(22)23/h3-10,12,16H,11H2,1-2H3/b14-10+. The number of nitrogens with zero attached hydrogens (tertiary/aromatic N) is 2. The van der Waals surface area contributed by atoms with Crippen LogP contribution in [0.4, 0.5) is 5.69 Å². The van der Waals surface area contributed by atoms with Gasteiger partial charge in [0.05, 0.1) is 29.6 Å². The zero-order chi connectivity index (χ0) is 17.5. The highest BCUT2D eigenvalue weighted by Crippen LogP contribution is 2.34. The molecule has 5 nitrogen and oxygen atoms in total. The van der Waals surface area contributed by atoms with E-state index in [4.69, 9.17) is 4.74 Å². The molecule has 2 aromatic carbocycles. The van der Waals surface area contributed by atoms with Gasteiger partial charge in [-0.3, -0.25) is 10.1 Å². The molecule has 0 saturated carbocycles. The summed E-state index contributed by atoms with van der Waals surface area (Å²) in [5.74, 6) is -0.110. The summed E-state index contributed by atoms with van der Waals surface area (Å²) in [4.78, 5) is 10.8. The molecular formula is C19H18N2O3. The third kappa shape index (κ3) is 4.20. The molecule has 1 unspecified atom stereocenters. The van der Waals surface area contributed by atoms with Gasteiger partial charge < -0.3 is 4.74 Å². The van der Waals surface area contributed by atoms with E-state index in [-0.39, 0.29) is 5.69 Å². The second-order valence-electron chi connectivity index (χ2n) is 5.47. The Labute approximate surface area is 141 Å². The number of methoxy groups -OCH3 is 1. The summed E-state index contributed by atoms with van der Waals surface area (Å²) in [5, 5.41) is 20.8. The van der Waals surface area contributed by atoms with Crippen molar-refractivity contribution in [2.75, 3.05) is 7.11 Å². The topological polar surface area (TPSA) is 76.2 Å². The van der Waals surface area contributed by atoms with Crippen LogP contribution in [0, 0.1) is 21.4 Å². The summed E-state index contributed by atoms with van der Waals surface area (Å²) in [6.07, 6.45) is 2.40. The van der Waals surface area contributed by atoms with Crippen molar-refractivity contribution >= 4 is 11.8 Å². The molecular weight excluding hydrogens is 304 g/mol. The fraction of sp³-hybridized carbons (Fsp3) is 0.211. The molecule has 0 heterocycles. The predicted molar refractivity (Wildman–Crippen MR) is 92.7 cm³/mol. The Morgan fingerprint density at radius 2 is 2.04 bits per heavy atom. The quantitative estimate of drug-likeness (QED) is 0.570. The smallest absolute Gasteiger partial charge is 0.274 e. The lowest BCUT2D eigenvalue weighted by Gasteiger charge is -2.12. The molecule has 0 aromatic heterocycles. The van der Waals surface area contributed by atoms with Crippen LogP contribution in [0.2, 0.25) is 0 Å². The second kappa shape index (κ2) is 7.93. The van der Waals surface area contributed by atoms with Gasteiger partial charge in [-0.1, -0.05) is 42.0 Å². The van der Waals surface area contributed by atoms with E-state index in [2.05, 4.69) is 6.07 Å². The van der Waals surface area contributed by atoms with Gasteiger partial charge in [-0.15, -0.1) is 0 Å². The third-order valence-electron chi connectivity index (χ3n) is 3.70. The molecule has 2 rings (SSSR count). The van der Waals surface area contributed by atoms with Gasteiger partial charge in [-0.25, -0.2) is 0 Å². The van der Waals surface area contributed by atoms with Crippen LogP contribution in [0.3, 0.4) is 0 Å². The zero-order valence-corrected chi connectivity index (χ0v) is 13.6. The minimum atomic E-state index is -0.611. The highest BCUT2D eigenvalue weighted by Gasteiger charge is 2.23. The Morgan fingerprint density at radius 3 is 2.62 bits per heavy atom. The summed E-state index contributed by atoms with van der Waals surface area (Å²) >= 11 is 0. The Hall–Kier alpha value is -3.13. The number of nitro benzene ring substituents is 1. The van der Waals surface area contributed by atoms with Gasteiger partial charge in [0, 0.05) is 6.07 Å². The molecule has 0 amide bonds. The maximum atomic E-state index is 11.3. The van der Waals surface area contributed by atoms with E-state index in [0.29, 0.717) is 17.7 Å². The van der Waals surface area contributed by atoms with Gasteiger partial charge in [-0.05, 0) is 31.0 Å². The van der Waals surface area contributed by atoms with Crippen LogP contribution in [0.15, 0.2) is 54.1 Å². The van der Waals surface area contributed by atoms with Crippen molar-refractivity contribution in [1.29, 1.82) is 5.26 Å². The van der Waals surface area contributed by atoms with Crippen LogP contribution in [0.1, 0.15) is 30.4 Å². The summed E-state index contributed by atoms with van der Waals surface area (Å²) in [5.41, 5.74) is 2.33.